The molecule has 3 rings (SSSR count). The highest BCUT2D eigenvalue weighted by Gasteiger charge is 2.22. The smallest absolute Gasteiger partial charge is 0.315 e. The van der Waals surface area contributed by atoms with Gasteiger partial charge in [-0.1, -0.05) is 29.8 Å². The number of rotatable bonds is 8. The van der Waals surface area contributed by atoms with Crippen LogP contribution >= 0.6 is 0 Å². The van der Waals surface area contributed by atoms with E-state index in [0.29, 0.717) is 16.8 Å². The third-order valence-corrected chi connectivity index (χ3v) is 4.49. The summed E-state index contributed by atoms with van der Waals surface area (Å²) in [5, 5.41) is 15.5. The molecule has 0 heterocycles. The molecule has 1 amide bonds. The Balaban J connectivity index is 1.79. The number of nitrogens with two attached hydrogens (primary N) is 1. The van der Waals surface area contributed by atoms with Gasteiger partial charge in [-0.05, 0) is 42.8 Å². The van der Waals surface area contributed by atoms with E-state index in [0.717, 1.165) is 11.1 Å². The first-order chi connectivity index (χ1) is 15.4. The molecule has 0 spiro atoms. The van der Waals surface area contributed by atoms with Crippen LogP contribution in [0.15, 0.2) is 65.8 Å². The molecular formula is C23H22N4O5. The van der Waals surface area contributed by atoms with Crippen molar-refractivity contribution >= 4 is 23.5 Å². The average Bonchev–Trinajstić information content (AvgIpc) is 2.77. The number of ether oxygens (including phenoxy) is 2. The molecule has 164 valence electrons. The number of hydrogen-bond donors (Lipinski definition) is 2. The number of carbonyl (C=O) groups is 1. The van der Waals surface area contributed by atoms with E-state index in [1.54, 1.807) is 24.3 Å². The number of nitrogens with one attached hydrogen (secondary N) is 1. The number of nitrogen functional groups attached to an aromatic ring is 1. The Bertz CT molecular complexity index is 1160. The summed E-state index contributed by atoms with van der Waals surface area (Å²) in [7, 11) is 1.39. The van der Waals surface area contributed by atoms with Crippen molar-refractivity contribution in [2.75, 3.05) is 12.8 Å². The van der Waals surface area contributed by atoms with Crippen LogP contribution in [0, 0.1) is 17.0 Å². The summed E-state index contributed by atoms with van der Waals surface area (Å²) in [5.74, 6) is -0.249. The number of hydrazone groups is 1. The molecule has 3 aromatic carbocycles. The Labute approximate surface area is 184 Å². The number of methoxy groups -OCH3 is 1. The third-order valence-electron chi connectivity index (χ3n) is 4.49. The zero-order valence-electron chi connectivity index (χ0n) is 17.6. The molecule has 32 heavy (non-hydrogen) atoms. The van der Waals surface area contributed by atoms with Gasteiger partial charge >= 0.3 is 5.69 Å². The Morgan fingerprint density at radius 2 is 1.94 bits per heavy atom. The summed E-state index contributed by atoms with van der Waals surface area (Å²) < 4.78 is 11.0. The first-order valence-corrected chi connectivity index (χ1v) is 9.61. The highest BCUT2D eigenvalue weighted by molar-refractivity contribution is 5.95. The number of carbonyl (C=O) groups excluding carboxylic acids is 1. The van der Waals surface area contributed by atoms with Gasteiger partial charge in [-0.3, -0.25) is 14.9 Å². The highest BCUT2D eigenvalue weighted by atomic mass is 16.6. The zero-order valence-corrected chi connectivity index (χ0v) is 17.6. The average molecular weight is 434 g/mol. The van der Waals surface area contributed by atoms with Crippen LogP contribution in [0.3, 0.4) is 0 Å². The van der Waals surface area contributed by atoms with Crippen LogP contribution in [-0.4, -0.2) is 24.2 Å². The predicted octanol–water partition coefficient (Wildman–Crippen LogP) is 3.84. The number of hydrogen-bond acceptors (Lipinski definition) is 7. The van der Waals surface area contributed by atoms with E-state index in [1.165, 1.54) is 25.5 Å². The van der Waals surface area contributed by atoms with E-state index in [-0.39, 0.29) is 23.8 Å². The molecule has 0 atom stereocenters. The van der Waals surface area contributed by atoms with E-state index in [9.17, 15) is 14.9 Å². The minimum Gasteiger partial charge on any atom is -0.493 e. The number of nitro benzene ring substituents is 1. The largest absolute Gasteiger partial charge is 0.493 e. The van der Waals surface area contributed by atoms with Gasteiger partial charge in [0.25, 0.3) is 5.91 Å². The molecule has 0 fully saturated rings. The van der Waals surface area contributed by atoms with Gasteiger partial charge in [0.15, 0.2) is 5.75 Å². The number of aryl methyl sites for hydroxylation is 1. The molecule has 9 heteroatoms. The summed E-state index contributed by atoms with van der Waals surface area (Å²) in [5.41, 5.74) is 10.9. The van der Waals surface area contributed by atoms with Crippen molar-refractivity contribution in [3.8, 4) is 11.5 Å². The molecule has 0 radical (unpaired) electrons. The molecular weight excluding hydrogens is 412 g/mol. The van der Waals surface area contributed by atoms with Gasteiger partial charge in [-0.15, -0.1) is 0 Å². The maximum absolute atomic E-state index is 12.1. The monoisotopic (exact) mass is 434 g/mol. The lowest BCUT2D eigenvalue weighted by atomic mass is 10.1. The van der Waals surface area contributed by atoms with Crippen molar-refractivity contribution in [2.24, 2.45) is 5.10 Å². The molecule has 3 N–H and O–H groups in total. The molecule has 0 saturated carbocycles. The van der Waals surface area contributed by atoms with E-state index < -0.39 is 10.8 Å². The van der Waals surface area contributed by atoms with Crippen molar-refractivity contribution in [3.63, 3.8) is 0 Å². The molecule has 9 nitrogen and oxygen atoms in total. The Morgan fingerprint density at radius 3 is 2.59 bits per heavy atom. The molecule has 3 aromatic rings. The molecule has 0 unspecified atom stereocenters. The fourth-order valence-corrected chi connectivity index (χ4v) is 2.94. The Kier molecular flexibility index (Phi) is 7.02. The maximum atomic E-state index is 12.1. The van der Waals surface area contributed by atoms with Crippen molar-refractivity contribution < 1.29 is 19.2 Å². The van der Waals surface area contributed by atoms with Crippen LogP contribution in [0.1, 0.15) is 27.0 Å². The van der Waals surface area contributed by atoms with Crippen LogP contribution in [0.25, 0.3) is 0 Å². The van der Waals surface area contributed by atoms with Crippen molar-refractivity contribution in [1.29, 1.82) is 0 Å². The Morgan fingerprint density at radius 1 is 1.19 bits per heavy atom. The normalized spacial score (nSPS) is 10.7. The van der Waals surface area contributed by atoms with Gasteiger partial charge in [0.1, 0.15) is 6.61 Å². The number of amides is 1. The van der Waals surface area contributed by atoms with Crippen molar-refractivity contribution in [2.45, 2.75) is 13.5 Å². The topological polar surface area (TPSA) is 129 Å². The predicted molar refractivity (Wildman–Crippen MR) is 121 cm³/mol. The summed E-state index contributed by atoms with van der Waals surface area (Å²) in [6.07, 6.45) is 1.29. The van der Waals surface area contributed by atoms with Crippen LogP contribution < -0.4 is 20.6 Å². The number of benzene rings is 3. The molecule has 0 bridgehead atoms. The van der Waals surface area contributed by atoms with E-state index >= 15 is 0 Å². The molecule has 0 aliphatic carbocycles. The number of nitrogens with zero attached hydrogens (tertiary/aromatic N) is 2. The quantitative estimate of drug-likeness (QED) is 0.240. The molecule has 0 aromatic heterocycles. The minimum absolute atomic E-state index is 0.0158. The molecule has 0 aliphatic heterocycles. The number of nitro groups is 1. The maximum Gasteiger partial charge on any atom is 0.315 e. The highest BCUT2D eigenvalue weighted by Crippen LogP contribution is 2.38. The fraction of sp³-hybridized carbons (Fsp3) is 0.130. The van der Waals surface area contributed by atoms with Gasteiger partial charge in [0, 0.05) is 22.9 Å². The van der Waals surface area contributed by atoms with Crippen LogP contribution in [-0.2, 0) is 6.61 Å². The van der Waals surface area contributed by atoms with Crippen LogP contribution in [0.5, 0.6) is 11.5 Å². The van der Waals surface area contributed by atoms with Gasteiger partial charge in [0.2, 0.25) is 5.75 Å². The van der Waals surface area contributed by atoms with Gasteiger partial charge in [-0.2, -0.15) is 5.10 Å². The van der Waals surface area contributed by atoms with Crippen molar-refractivity contribution in [3.05, 3.63) is 93.0 Å². The minimum atomic E-state index is -0.557. The second-order valence-corrected chi connectivity index (χ2v) is 6.93. The van der Waals surface area contributed by atoms with Crippen LogP contribution in [0.2, 0.25) is 0 Å². The first-order valence-electron chi connectivity index (χ1n) is 9.61. The Hall–Kier alpha value is -4.40. The third kappa shape index (κ3) is 5.60. The van der Waals surface area contributed by atoms with Crippen LogP contribution in [0.4, 0.5) is 11.4 Å². The second-order valence-electron chi connectivity index (χ2n) is 6.93. The second kappa shape index (κ2) is 10.1. The fourth-order valence-electron chi connectivity index (χ4n) is 2.94. The lowest BCUT2D eigenvalue weighted by molar-refractivity contribution is -0.386. The summed E-state index contributed by atoms with van der Waals surface area (Å²) in [4.78, 5) is 23.2. The van der Waals surface area contributed by atoms with E-state index in [2.05, 4.69) is 10.5 Å². The lowest BCUT2D eigenvalue weighted by Gasteiger charge is -2.12. The van der Waals surface area contributed by atoms with E-state index in [1.807, 2.05) is 31.2 Å². The van der Waals surface area contributed by atoms with E-state index in [4.69, 9.17) is 15.2 Å². The molecule has 0 saturated heterocycles. The van der Waals surface area contributed by atoms with Gasteiger partial charge < -0.3 is 15.2 Å². The first kappa shape index (κ1) is 22.3. The van der Waals surface area contributed by atoms with Gasteiger partial charge in [0.05, 0.1) is 18.2 Å². The zero-order chi connectivity index (χ0) is 23.1. The SMILES string of the molecule is COc1cc(/C=N\NC(=O)c2ccc(N)cc2)cc([N+](=O)[O-])c1OCc1cccc(C)c1. The van der Waals surface area contributed by atoms with Gasteiger partial charge in [-0.25, -0.2) is 5.43 Å². The standard InChI is InChI=1S/C23H22N4O5/c1-15-4-3-5-16(10-15)14-32-22-20(27(29)30)11-17(12-21(22)31-2)13-25-26-23(28)18-6-8-19(24)9-7-18/h3-13H,14,24H2,1-2H3,(H,26,28)/b25-13-. The summed E-state index contributed by atoms with van der Waals surface area (Å²) in [6.45, 7) is 2.09. The van der Waals surface area contributed by atoms with Crippen molar-refractivity contribution in [1.82, 2.24) is 5.43 Å². The number of anilines is 1. The summed E-state index contributed by atoms with van der Waals surface area (Å²) in [6, 6.07) is 16.8. The summed E-state index contributed by atoms with van der Waals surface area (Å²) >= 11 is 0. The molecule has 0 aliphatic rings. The lowest BCUT2D eigenvalue weighted by Crippen LogP contribution is -2.17.